The second-order valence-corrected chi connectivity index (χ2v) is 7.23. The van der Waals surface area contributed by atoms with E-state index in [0.29, 0.717) is 6.54 Å². The zero-order valence-corrected chi connectivity index (χ0v) is 12.5. The molecule has 0 amide bonds. The highest BCUT2D eigenvalue weighted by atomic mass is 32.2. The highest BCUT2D eigenvalue weighted by Crippen LogP contribution is 2.32. The summed E-state index contributed by atoms with van der Waals surface area (Å²) in [5, 5.41) is 14.0. The fourth-order valence-corrected chi connectivity index (χ4v) is 4.48. The fraction of sp³-hybridized carbons (Fsp3) is 0.625. The second-order valence-electron chi connectivity index (χ2n) is 6.01. The van der Waals surface area contributed by atoms with Gasteiger partial charge in [-0.2, -0.15) is 11.8 Å². The Morgan fingerprint density at radius 3 is 2.95 bits per heavy atom. The second kappa shape index (κ2) is 6.04. The first-order valence-electron chi connectivity index (χ1n) is 7.48. The molecule has 0 aromatic heterocycles. The minimum Gasteiger partial charge on any atom is -0.389 e. The first-order valence-corrected chi connectivity index (χ1v) is 8.64. The van der Waals surface area contributed by atoms with Crippen LogP contribution in [0.1, 0.15) is 42.9 Å². The van der Waals surface area contributed by atoms with Crippen LogP contribution in [-0.2, 0) is 6.42 Å². The van der Waals surface area contributed by atoms with Gasteiger partial charge in [-0.05, 0) is 66.9 Å². The third-order valence-electron chi connectivity index (χ3n) is 4.52. The number of halogens is 1. The number of thioether (sulfide) groups is 1. The standard InChI is InChI=1S/C16H22FNOS/c17-13-5-4-12-2-1-3-15(14(12)10-13)18-11-16(19)6-8-20-9-7-16/h4-5,10,15,18-19H,1-3,6-9,11H2. The normalized spacial score (nSPS) is 25.2. The highest BCUT2D eigenvalue weighted by molar-refractivity contribution is 7.99. The average Bonchev–Trinajstić information content (AvgIpc) is 2.46. The van der Waals surface area contributed by atoms with Gasteiger partial charge in [-0.25, -0.2) is 4.39 Å². The Kier molecular flexibility index (Phi) is 4.34. The largest absolute Gasteiger partial charge is 0.389 e. The van der Waals surface area contributed by atoms with Crippen molar-refractivity contribution in [3.05, 3.63) is 35.1 Å². The number of benzene rings is 1. The number of aryl methyl sites for hydroxylation is 1. The lowest BCUT2D eigenvalue weighted by Crippen LogP contribution is -2.45. The van der Waals surface area contributed by atoms with Crippen molar-refractivity contribution in [3.63, 3.8) is 0 Å². The van der Waals surface area contributed by atoms with Gasteiger partial charge >= 0.3 is 0 Å². The van der Waals surface area contributed by atoms with Crippen LogP contribution < -0.4 is 5.32 Å². The van der Waals surface area contributed by atoms with E-state index in [1.807, 2.05) is 17.8 Å². The van der Waals surface area contributed by atoms with Gasteiger partial charge < -0.3 is 10.4 Å². The third-order valence-corrected chi connectivity index (χ3v) is 5.51. The maximum absolute atomic E-state index is 13.5. The van der Waals surface area contributed by atoms with Crippen molar-refractivity contribution < 1.29 is 9.50 Å². The first kappa shape index (κ1) is 14.4. The average molecular weight is 295 g/mol. The third kappa shape index (κ3) is 3.18. The van der Waals surface area contributed by atoms with Gasteiger partial charge in [0.2, 0.25) is 0 Å². The monoisotopic (exact) mass is 295 g/mol. The molecule has 1 atom stereocenters. The molecule has 1 aliphatic carbocycles. The Balaban J connectivity index is 1.68. The fourth-order valence-electron chi connectivity index (χ4n) is 3.22. The van der Waals surface area contributed by atoms with Gasteiger partial charge in [-0.15, -0.1) is 0 Å². The molecule has 3 rings (SSSR count). The van der Waals surface area contributed by atoms with Crippen LogP contribution in [0.25, 0.3) is 0 Å². The molecule has 1 fully saturated rings. The summed E-state index contributed by atoms with van der Waals surface area (Å²) in [6, 6.07) is 5.30. The van der Waals surface area contributed by atoms with Crippen molar-refractivity contribution in [2.75, 3.05) is 18.1 Å². The number of aliphatic hydroxyl groups is 1. The molecule has 4 heteroatoms. The van der Waals surface area contributed by atoms with E-state index in [-0.39, 0.29) is 11.9 Å². The molecule has 0 saturated carbocycles. The van der Waals surface area contributed by atoms with Crippen LogP contribution in [0.4, 0.5) is 4.39 Å². The molecule has 1 aliphatic heterocycles. The minimum absolute atomic E-state index is 0.162. The van der Waals surface area contributed by atoms with Crippen LogP contribution >= 0.6 is 11.8 Å². The van der Waals surface area contributed by atoms with E-state index < -0.39 is 5.60 Å². The summed E-state index contributed by atoms with van der Waals surface area (Å²) in [4.78, 5) is 0. The van der Waals surface area contributed by atoms with Crippen molar-refractivity contribution in [1.29, 1.82) is 0 Å². The van der Waals surface area contributed by atoms with Gasteiger partial charge in [0.25, 0.3) is 0 Å². The molecule has 110 valence electrons. The van der Waals surface area contributed by atoms with Crippen LogP contribution in [0.5, 0.6) is 0 Å². The summed E-state index contributed by atoms with van der Waals surface area (Å²) >= 11 is 1.91. The number of hydrogen-bond donors (Lipinski definition) is 2. The van der Waals surface area contributed by atoms with Crippen molar-refractivity contribution in [1.82, 2.24) is 5.32 Å². The van der Waals surface area contributed by atoms with Crippen LogP contribution in [-0.4, -0.2) is 28.8 Å². The van der Waals surface area contributed by atoms with Gasteiger partial charge in [0.15, 0.2) is 0 Å². The molecule has 0 spiro atoms. The molecule has 2 N–H and O–H groups in total. The van der Waals surface area contributed by atoms with Crippen molar-refractivity contribution in [3.8, 4) is 0 Å². The first-order chi connectivity index (χ1) is 9.66. The summed E-state index contributed by atoms with van der Waals surface area (Å²) in [5.41, 5.74) is 1.77. The molecule has 2 aliphatic rings. The van der Waals surface area contributed by atoms with Gasteiger partial charge in [-0.3, -0.25) is 0 Å². The number of hydrogen-bond acceptors (Lipinski definition) is 3. The molecular formula is C16H22FNOS. The Labute approximate surface area is 124 Å². The summed E-state index contributed by atoms with van der Waals surface area (Å²) in [6.07, 6.45) is 4.90. The van der Waals surface area contributed by atoms with E-state index in [0.717, 1.165) is 49.2 Å². The van der Waals surface area contributed by atoms with E-state index in [1.165, 1.54) is 5.56 Å². The molecule has 20 heavy (non-hydrogen) atoms. The topological polar surface area (TPSA) is 32.3 Å². The number of rotatable bonds is 3. The van der Waals surface area contributed by atoms with Crippen molar-refractivity contribution in [2.24, 2.45) is 0 Å². The van der Waals surface area contributed by atoms with Gasteiger partial charge in [0.1, 0.15) is 5.82 Å². The van der Waals surface area contributed by atoms with E-state index in [2.05, 4.69) is 5.32 Å². The zero-order chi connectivity index (χ0) is 14.0. The predicted molar refractivity (Wildman–Crippen MR) is 81.6 cm³/mol. The molecule has 1 aromatic carbocycles. The Morgan fingerprint density at radius 2 is 2.15 bits per heavy atom. The van der Waals surface area contributed by atoms with E-state index >= 15 is 0 Å². The molecule has 1 aromatic rings. The molecule has 0 radical (unpaired) electrons. The van der Waals surface area contributed by atoms with E-state index in [4.69, 9.17) is 0 Å². The maximum Gasteiger partial charge on any atom is 0.123 e. The molecule has 1 saturated heterocycles. The molecular weight excluding hydrogens is 273 g/mol. The zero-order valence-electron chi connectivity index (χ0n) is 11.7. The summed E-state index contributed by atoms with van der Waals surface area (Å²) < 4.78 is 13.5. The number of fused-ring (bicyclic) bond motifs is 1. The Morgan fingerprint density at radius 1 is 1.35 bits per heavy atom. The minimum atomic E-state index is -0.573. The lowest BCUT2D eigenvalue weighted by Gasteiger charge is -2.35. The SMILES string of the molecule is OC1(CNC2CCCc3ccc(F)cc32)CCSCC1. The summed E-state index contributed by atoms with van der Waals surface area (Å²) in [6.45, 7) is 0.619. The number of nitrogens with one attached hydrogen (secondary N) is 1. The van der Waals surface area contributed by atoms with Crippen LogP contribution in [0.3, 0.4) is 0 Å². The van der Waals surface area contributed by atoms with E-state index in [9.17, 15) is 9.50 Å². The molecule has 2 nitrogen and oxygen atoms in total. The van der Waals surface area contributed by atoms with Crippen LogP contribution in [0.15, 0.2) is 18.2 Å². The summed E-state index contributed by atoms with van der Waals surface area (Å²) in [7, 11) is 0. The summed E-state index contributed by atoms with van der Waals surface area (Å²) in [5.74, 6) is 1.91. The molecule has 1 heterocycles. The Hall–Kier alpha value is -0.580. The van der Waals surface area contributed by atoms with Crippen LogP contribution in [0.2, 0.25) is 0 Å². The lowest BCUT2D eigenvalue weighted by molar-refractivity contribution is 0.0290. The maximum atomic E-state index is 13.5. The Bertz CT molecular complexity index is 474. The van der Waals surface area contributed by atoms with E-state index in [1.54, 1.807) is 12.1 Å². The van der Waals surface area contributed by atoms with Crippen molar-refractivity contribution >= 4 is 11.8 Å². The molecule has 1 unspecified atom stereocenters. The smallest absolute Gasteiger partial charge is 0.123 e. The van der Waals surface area contributed by atoms with Crippen LogP contribution in [0, 0.1) is 5.82 Å². The van der Waals surface area contributed by atoms with Gasteiger partial charge in [0.05, 0.1) is 5.60 Å². The lowest BCUT2D eigenvalue weighted by atomic mass is 9.86. The highest BCUT2D eigenvalue weighted by Gasteiger charge is 2.31. The predicted octanol–water partition coefficient (Wildman–Crippen LogP) is 3.05. The quantitative estimate of drug-likeness (QED) is 0.899. The molecule has 0 bridgehead atoms. The van der Waals surface area contributed by atoms with Crippen molar-refractivity contribution in [2.45, 2.75) is 43.7 Å². The van der Waals surface area contributed by atoms with Gasteiger partial charge in [-0.1, -0.05) is 6.07 Å². The van der Waals surface area contributed by atoms with Gasteiger partial charge in [0, 0.05) is 12.6 Å².